The van der Waals surface area contributed by atoms with Crippen molar-refractivity contribution in [1.29, 1.82) is 0 Å². The second kappa shape index (κ2) is 16.6. The van der Waals surface area contributed by atoms with Gasteiger partial charge in [-0.15, -0.1) is 0 Å². The summed E-state index contributed by atoms with van der Waals surface area (Å²) >= 11 is 0. The highest BCUT2D eigenvalue weighted by Crippen LogP contribution is 2.28. The predicted octanol–water partition coefficient (Wildman–Crippen LogP) is 3.86. The molecule has 0 radical (unpaired) electrons. The minimum atomic E-state index is -2.05. The van der Waals surface area contributed by atoms with Crippen LogP contribution in [-0.2, 0) is 28.5 Å². The van der Waals surface area contributed by atoms with Gasteiger partial charge in [-0.3, -0.25) is 4.79 Å². The van der Waals surface area contributed by atoms with Crippen molar-refractivity contribution >= 4 is 11.9 Å². The van der Waals surface area contributed by atoms with Crippen molar-refractivity contribution in [2.24, 2.45) is 0 Å². The van der Waals surface area contributed by atoms with E-state index >= 15 is 0 Å². The first-order valence-corrected chi connectivity index (χ1v) is 10.8. The third kappa shape index (κ3) is 12.2. The quantitative estimate of drug-likeness (QED) is 0.286. The first-order chi connectivity index (χ1) is 13.8. The Balaban J connectivity index is 5.64. The smallest absolute Gasteiger partial charge is 0.364 e. The SMILES string of the molecule is CCCCC(COCC)OC(CCC(=O)O)(OC(CCCC)COCC)C(=O)O. The van der Waals surface area contributed by atoms with Crippen molar-refractivity contribution in [1.82, 2.24) is 0 Å². The number of hydrogen-bond donors (Lipinski definition) is 2. The largest absolute Gasteiger partial charge is 0.481 e. The molecule has 2 unspecified atom stereocenters. The van der Waals surface area contributed by atoms with E-state index in [1.807, 2.05) is 27.7 Å². The molecule has 2 atom stereocenters. The zero-order valence-corrected chi connectivity index (χ0v) is 18.5. The molecule has 0 heterocycles. The van der Waals surface area contributed by atoms with Crippen LogP contribution in [0.3, 0.4) is 0 Å². The van der Waals surface area contributed by atoms with E-state index in [0.717, 1.165) is 25.7 Å². The Labute approximate surface area is 174 Å². The number of unbranched alkanes of at least 4 members (excludes halogenated alkanes) is 2. The van der Waals surface area contributed by atoms with Gasteiger partial charge in [0.15, 0.2) is 0 Å². The van der Waals surface area contributed by atoms with Gasteiger partial charge in [0.05, 0.1) is 31.8 Å². The van der Waals surface area contributed by atoms with Crippen molar-refractivity contribution < 1.29 is 38.7 Å². The fraction of sp³-hybridized carbons (Fsp3) is 0.905. The van der Waals surface area contributed by atoms with Gasteiger partial charge in [-0.2, -0.15) is 0 Å². The molecule has 0 aliphatic heterocycles. The van der Waals surface area contributed by atoms with Crippen LogP contribution in [0.5, 0.6) is 0 Å². The molecule has 0 saturated heterocycles. The summed E-state index contributed by atoms with van der Waals surface area (Å²) in [5.74, 6) is -4.48. The zero-order valence-electron chi connectivity index (χ0n) is 18.5. The van der Waals surface area contributed by atoms with E-state index in [1.165, 1.54) is 0 Å². The highest BCUT2D eigenvalue weighted by molar-refractivity contribution is 5.77. The van der Waals surface area contributed by atoms with E-state index in [-0.39, 0.29) is 26.1 Å². The van der Waals surface area contributed by atoms with Gasteiger partial charge in [0.25, 0.3) is 5.79 Å². The van der Waals surface area contributed by atoms with E-state index in [9.17, 15) is 14.7 Å². The van der Waals surface area contributed by atoms with Gasteiger partial charge >= 0.3 is 11.9 Å². The summed E-state index contributed by atoms with van der Waals surface area (Å²) < 4.78 is 22.9. The minimum Gasteiger partial charge on any atom is -0.481 e. The van der Waals surface area contributed by atoms with Gasteiger partial charge in [-0.25, -0.2) is 4.79 Å². The summed E-state index contributed by atoms with van der Waals surface area (Å²) in [6.07, 6.45) is 3.06. The molecule has 0 aliphatic carbocycles. The lowest BCUT2D eigenvalue weighted by atomic mass is 10.1. The van der Waals surface area contributed by atoms with Crippen LogP contribution in [0.15, 0.2) is 0 Å². The lowest BCUT2D eigenvalue weighted by molar-refractivity contribution is -0.288. The number of ether oxygens (including phenoxy) is 4. The molecule has 172 valence electrons. The van der Waals surface area contributed by atoms with Gasteiger partial charge in [0, 0.05) is 19.6 Å². The fourth-order valence-corrected chi connectivity index (χ4v) is 2.88. The average molecular weight is 421 g/mol. The maximum absolute atomic E-state index is 12.3. The molecule has 8 nitrogen and oxygen atoms in total. The fourth-order valence-electron chi connectivity index (χ4n) is 2.88. The maximum Gasteiger partial charge on any atom is 0.364 e. The van der Waals surface area contributed by atoms with Crippen LogP contribution in [0.1, 0.15) is 79.1 Å². The van der Waals surface area contributed by atoms with Crippen molar-refractivity contribution in [3.8, 4) is 0 Å². The summed E-state index contributed by atoms with van der Waals surface area (Å²) in [5.41, 5.74) is 0. The van der Waals surface area contributed by atoms with Crippen LogP contribution < -0.4 is 0 Å². The predicted molar refractivity (Wildman–Crippen MR) is 109 cm³/mol. The van der Waals surface area contributed by atoms with E-state index in [1.54, 1.807) is 0 Å². The van der Waals surface area contributed by atoms with Crippen LogP contribution in [0, 0.1) is 0 Å². The number of carboxylic acids is 2. The molecule has 8 heteroatoms. The highest BCUT2D eigenvalue weighted by Gasteiger charge is 2.45. The van der Waals surface area contributed by atoms with E-state index in [0.29, 0.717) is 26.1 Å². The van der Waals surface area contributed by atoms with Gasteiger partial charge in [-0.05, 0) is 26.7 Å². The molecular formula is C21H40O8. The summed E-state index contributed by atoms with van der Waals surface area (Å²) in [7, 11) is 0. The molecule has 0 aliphatic rings. The summed E-state index contributed by atoms with van der Waals surface area (Å²) in [6.45, 7) is 9.19. The van der Waals surface area contributed by atoms with Gasteiger partial charge in [-0.1, -0.05) is 39.5 Å². The Morgan fingerprint density at radius 1 is 0.828 bits per heavy atom. The van der Waals surface area contributed by atoms with Crippen LogP contribution >= 0.6 is 0 Å². The first kappa shape index (κ1) is 27.8. The molecule has 0 spiro atoms. The molecule has 0 saturated carbocycles. The first-order valence-electron chi connectivity index (χ1n) is 10.8. The topological polar surface area (TPSA) is 112 Å². The normalized spacial score (nSPS) is 15.6. The Bertz CT molecular complexity index is 402. The minimum absolute atomic E-state index is 0.229. The lowest BCUT2D eigenvalue weighted by Gasteiger charge is -2.36. The monoisotopic (exact) mass is 420 g/mol. The second-order valence-electron chi connectivity index (χ2n) is 7.03. The molecule has 0 aromatic heterocycles. The van der Waals surface area contributed by atoms with Crippen LogP contribution in [0.2, 0.25) is 0 Å². The van der Waals surface area contributed by atoms with Crippen molar-refractivity contribution in [2.75, 3.05) is 26.4 Å². The number of carbonyl (C=O) groups is 2. The third-order valence-corrected chi connectivity index (χ3v) is 4.48. The molecule has 2 N–H and O–H groups in total. The molecule has 29 heavy (non-hydrogen) atoms. The number of aliphatic carboxylic acids is 2. The molecule has 0 amide bonds. The second-order valence-corrected chi connectivity index (χ2v) is 7.03. The Hall–Kier alpha value is -1.22. The van der Waals surface area contributed by atoms with Crippen molar-refractivity contribution in [3.05, 3.63) is 0 Å². The Morgan fingerprint density at radius 2 is 1.28 bits per heavy atom. The standard InChI is InChI=1S/C21H40O8/c1-5-9-11-17(15-26-7-3)28-21(20(24)25,14-13-19(22)23)29-18(12-10-6-2)16-27-8-4/h17-18H,5-16H2,1-4H3,(H,22,23)(H,24,25). The maximum atomic E-state index is 12.3. The zero-order chi connectivity index (χ0) is 22.1. The summed E-state index contributed by atoms with van der Waals surface area (Å²) in [5, 5.41) is 19.2. The van der Waals surface area contributed by atoms with Crippen molar-refractivity contribution in [3.63, 3.8) is 0 Å². The van der Waals surface area contributed by atoms with E-state index in [2.05, 4.69) is 0 Å². The molecular weight excluding hydrogens is 380 g/mol. The van der Waals surface area contributed by atoms with Gasteiger partial charge < -0.3 is 29.2 Å². The van der Waals surface area contributed by atoms with E-state index in [4.69, 9.17) is 24.1 Å². The summed E-state index contributed by atoms with van der Waals surface area (Å²) in [6, 6.07) is 0. The Morgan fingerprint density at radius 3 is 1.59 bits per heavy atom. The van der Waals surface area contributed by atoms with Gasteiger partial charge in [0.2, 0.25) is 0 Å². The molecule has 0 rings (SSSR count). The van der Waals surface area contributed by atoms with Crippen LogP contribution in [-0.4, -0.2) is 66.6 Å². The van der Waals surface area contributed by atoms with Crippen molar-refractivity contribution in [2.45, 2.75) is 97.1 Å². The van der Waals surface area contributed by atoms with Gasteiger partial charge in [0.1, 0.15) is 0 Å². The third-order valence-electron chi connectivity index (χ3n) is 4.48. The van der Waals surface area contributed by atoms with Crippen LogP contribution in [0.4, 0.5) is 0 Å². The molecule has 0 aromatic rings. The molecule has 0 bridgehead atoms. The highest BCUT2D eigenvalue weighted by atomic mass is 16.7. The van der Waals surface area contributed by atoms with E-state index < -0.39 is 29.9 Å². The number of hydrogen-bond acceptors (Lipinski definition) is 6. The average Bonchev–Trinajstić information content (AvgIpc) is 2.69. The summed E-state index contributed by atoms with van der Waals surface area (Å²) in [4.78, 5) is 23.5. The number of carboxylic acid groups (broad SMARTS) is 2. The number of rotatable bonds is 20. The molecule has 0 fully saturated rings. The molecule has 0 aromatic carbocycles. The van der Waals surface area contributed by atoms with Crippen LogP contribution in [0.25, 0.3) is 0 Å². The lowest BCUT2D eigenvalue weighted by Crippen LogP contribution is -2.51. The Kier molecular flexibility index (Phi) is 15.9.